The molecule has 0 aromatic heterocycles. The Labute approximate surface area is 111 Å². The van der Waals surface area contributed by atoms with Crippen LogP contribution in [-0.4, -0.2) is 42.5 Å². The normalized spacial score (nSPS) is 12.2. The number of ether oxygens (including phenoxy) is 1. The highest BCUT2D eigenvalue weighted by atomic mass is 19.1. The molecule has 0 aliphatic rings. The monoisotopic (exact) mass is 271 g/mol. The highest BCUT2D eigenvalue weighted by molar-refractivity contribution is 5.67. The van der Waals surface area contributed by atoms with Crippen molar-refractivity contribution >= 4 is 5.97 Å². The van der Waals surface area contributed by atoms with Crippen molar-refractivity contribution in [3.63, 3.8) is 0 Å². The molecule has 0 aliphatic carbocycles. The van der Waals surface area contributed by atoms with Crippen LogP contribution in [0, 0.1) is 5.82 Å². The fraction of sp³-hybridized carbons (Fsp3) is 0.462. The van der Waals surface area contributed by atoms with E-state index in [4.69, 9.17) is 14.9 Å². The van der Waals surface area contributed by atoms with Crippen LogP contribution >= 0.6 is 0 Å². The van der Waals surface area contributed by atoms with E-state index in [1.807, 2.05) is 0 Å². The summed E-state index contributed by atoms with van der Waals surface area (Å²) in [4.78, 5) is 10.7. The van der Waals surface area contributed by atoms with E-state index in [1.165, 1.54) is 19.2 Å². The maximum absolute atomic E-state index is 13.5. The molecule has 1 atom stereocenters. The summed E-state index contributed by atoms with van der Waals surface area (Å²) in [6.45, 7) is 0.226. The molecule has 0 saturated heterocycles. The van der Waals surface area contributed by atoms with Crippen molar-refractivity contribution in [2.45, 2.75) is 18.9 Å². The highest BCUT2D eigenvalue weighted by Crippen LogP contribution is 2.18. The SMILES string of the molecule is COc1ccc(CC(CC(=O)O)NCCO)cc1F. The van der Waals surface area contributed by atoms with Gasteiger partial charge in [0.2, 0.25) is 0 Å². The lowest BCUT2D eigenvalue weighted by molar-refractivity contribution is -0.137. The van der Waals surface area contributed by atoms with Crippen LogP contribution in [0.4, 0.5) is 4.39 Å². The molecule has 1 aromatic carbocycles. The van der Waals surface area contributed by atoms with Gasteiger partial charge >= 0.3 is 5.97 Å². The van der Waals surface area contributed by atoms with Crippen molar-refractivity contribution in [1.82, 2.24) is 5.32 Å². The lowest BCUT2D eigenvalue weighted by Gasteiger charge is -2.16. The van der Waals surface area contributed by atoms with Crippen LogP contribution < -0.4 is 10.1 Å². The number of carbonyl (C=O) groups is 1. The van der Waals surface area contributed by atoms with Gasteiger partial charge in [0.05, 0.1) is 20.1 Å². The molecule has 3 N–H and O–H groups in total. The Morgan fingerprint density at radius 1 is 1.53 bits per heavy atom. The number of methoxy groups -OCH3 is 1. The number of aliphatic carboxylic acids is 1. The van der Waals surface area contributed by atoms with Gasteiger partial charge in [-0.2, -0.15) is 0 Å². The molecular formula is C13H18FNO4. The number of aliphatic hydroxyl groups is 1. The maximum atomic E-state index is 13.5. The summed E-state index contributed by atoms with van der Waals surface area (Å²) >= 11 is 0. The molecule has 6 heteroatoms. The molecule has 5 nitrogen and oxygen atoms in total. The minimum atomic E-state index is -0.940. The van der Waals surface area contributed by atoms with Gasteiger partial charge in [-0.3, -0.25) is 4.79 Å². The maximum Gasteiger partial charge on any atom is 0.304 e. The van der Waals surface area contributed by atoms with E-state index in [0.29, 0.717) is 18.5 Å². The van der Waals surface area contributed by atoms with Crippen molar-refractivity contribution in [3.8, 4) is 5.75 Å². The van der Waals surface area contributed by atoms with Gasteiger partial charge in [0.1, 0.15) is 0 Å². The predicted molar refractivity (Wildman–Crippen MR) is 67.8 cm³/mol. The number of rotatable bonds is 8. The van der Waals surface area contributed by atoms with Crippen LogP contribution in [0.25, 0.3) is 0 Å². The molecule has 0 bridgehead atoms. The van der Waals surface area contributed by atoms with Crippen molar-refractivity contribution in [1.29, 1.82) is 0 Å². The van der Waals surface area contributed by atoms with E-state index < -0.39 is 11.8 Å². The van der Waals surface area contributed by atoms with E-state index in [1.54, 1.807) is 6.07 Å². The Hall–Kier alpha value is -1.66. The Kier molecular flexibility index (Phi) is 6.24. The van der Waals surface area contributed by atoms with Crippen LogP contribution in [-0.2, 0) is 11.2 Å². The average molecular weight is 271 g/mol. The summed E-state index contributed by atoms with van der Waals surface area (Å²) in [5.74, 6) is -1.26. The summed E-state index contributed by atoms with van der Waals surface area (Å²) in [5, 5.41) is 20.5. The lowest BCUT2D eigenvalue weighted by Crippen LogP contribution is -2.35. The molecule has 0 amide bonds. The third-order valence-corrected chi connectivity index (χ3v) is 2.66. The predicted octanol–water partition coefficient (Wildman–Crippen LogP) is 0.802. The molecule has 0 spiro atoms. The number of benzene rings is 1. The smallest absolute Gasteiger partial charge is 0.304 e. The van der Waals surface area contributed by atoms with Crippen molar-refractivity contribution in [2.75, 3.05) is 20.3 Å². The van der Waals surface area contributed by atoms with E-state index in [-0.39, 0.29) is 24.8 Å². The Morgan fingerprint density at radius 2 is 2.26 bits per heavy atom. The third kappa shape index (κ3) is 5.23. The summed E-state index contributed by atoms with van der Waals surface area (Å²) in [7, 11) is 1.38. The second kappa shape index (κ2) is 7.70. The van der Waals surface area contributed by atoms with Gasteiger partial charge in [0.25, 0.3) is 0 Å². The number of carboxylic acid groups (broad SMARTS) is 1. The molecule has 0 radical (unpaired) electrons. The summed E-state index contributed by atoms with van der Waals surface area (Å²) < 4.78 is 18.3. The van der Waals surface area contributed by atoms with E-state index in [2.05, 4.69) is 5.32 Å². The first kappa shape index (κ1) is 15.4. The van der Waals surface area contributed by atoms with Gasteiger partial charge in [0.15, 0.2) is 11.6 Å². The van der Waals surface area contributed by atoms with E-state index in [9.17, 15) is 9.18 Å². The molecule has 1 rings (SSSR count). The minimum Gasteiger partial charge on any atom is -0.494 e. The zero-order valence-electron chi connectivity index (χ0n) is 10.7. The van der Waals surface area contributed by atoms with Crippen LogP contribution in [0.15, 0.2) is 18.2 Å². The van der Waals surface area contributed by atoms with Crippen molar-refractivity contribution in [3.05, 3.63) is 29.6 Å². The lowest BCUT2D eigenvalue weighted by atomic mass is 10.0. The number of carboxylic acids is 1. The number of hydrogen-bond donors (Lipinski definition) is 3. The van der Waals surface area contributed by atoms with E-state index in [0.717, 1.165) is 0 Å². The Bertz CT molecular complexity index is 425. The van der Waals surface area contributed by atoms with Crippen LogP contribution in [0.5, 0.6) is 5.75 Å². The average Bonchev–Trinajstić information content (AvgIpc) is 2.35. The zero-order chi connectivity index (χ0) is 14.3. The number of nitrogens with one attached hydrogen (secondary N) is 1. The molecular weight excluding hydrogens is 253 g/mol. The first-order valence-corrected chi connectivity index (χ1v) is 5.95. The fourth-order valence-corrected chi connectivity index (χ4v) is 1.82. The highest BCUT2D eigenvalue weighted by Gasteiger charge is 2.14. The molecule has 106 valence electrons. The quantitative estimate of drug-likeness (QED) is 0.652. The van der Waals surface area contributed by atoms with Gasteiger partial charge in [-0.1, -0.05) is 6.07 Å². The zero-order valence-corrected chi connectivity index (χ0v) is 10.7. The summed E-state index contributed by atoms with van der Waals surface area (Å²) in [6, 6.07) is 4.18. The summed E-state index contributed by atoms with van der Waals surface area (Å²) in [5.41, 5.74) is 0.676. The minimum absolute atomic E-state index is 0.0763. The first-order valence-electron chi connectivity index (χ1n) is 5.95. The number of hydrogen-bond acceptors (Lipinski definition) is 4. The molecule has 0 saturated carbocycles. The topological polar surface area (TPSA) is 78.8 Å². The first-order chi connectivity index (χ1) is 9.06. The van der Waals surface area contributed by atoms with Gasteiger partial charge in [0, 0.05) is 12.6 Å². The fourth-order valence-electron chi connectivity index (χ4n) is 1.82. The largest absolute Gasteiger partial charge is 0.494 e. The molecule has 19 heavy (non-hydrogen) atoms. The second-order valence-electron chi connectivity index (χ2n) is 4.15. The van der Waals surface area contributed by atoms with Crippen LogP contribution in [0.2, 0.25) is 0 Å². The molecule has 1 unspecified atom stereocenters. The standard InChI is InChI=1S/C13H18FNO4/c1-19-12-3-2-9(7-11(12)14)6-10(8-13(17)18)15-4-5-16/h2-3,7,10,15-16H,4-6,8H2,1H3,(H,17,18). The summed E-state index contributed by atoms with van der Waals surface area (Å²) in [6.07, 6.45) is 0.279. The molecule has 0 heterocycles. The van der Waals surface area contributed by atoms with Crippen molar-refractivity contribution in [2.24, 2.45) is 0 Å². The molecule has 1 aromatic rings. The van der Waals surface area contributed by atoms with E-state index >= 15 is 0 Å². The van der Waals surface area contributed by atoms with Crippen LogP contribution in [0.1, 0.15) is 12.0 Å². The molecule has 0 fully saturated rings. The molecule has 0 aliphatic heterocycles. The van der Waals surface area contributed by atoms with Crippen LogP contribution in [0.3, 0.4) is 0 Å². The number of aliphatic hydroxyl groups excluding tert-OH is 1. The van der Waals surface area contributed by atoms with Gasteiger partial charge in [-0.15, -0.1) is 0 Å². The third-order valence-electron chi connectivity index (χ3n) is 2.66. The van der Waals surface area contributed by atoms with Crippen molar-refractivity contribution < 1.29 is 24.1 Å². The second-order valence-corrected chi connectivity index (χ2v) is 4.15. The Balaban J connectivity index is 2.71. The van der Waals surface area contributed by atoms with Gasteiger partial charge in [-0.25, -0.2) is 4.39 Å². The Morgan fingerprint density at radius 3 is 2.79 bits per heavy atom. The van der Waals surface area contributed by atoms with Gasteiger partial charge < -0.3 is 20.3 Å². The van der Waals surface area contributed by atoms with Gasteiger partial charge in [-0.05, 0) is 24.1 Å². The number of halogens is 1.